The van der Waals surface area contributed by atoms with E-state index in [4.69, 9.17) is 4.74 Å². The SMILES string of the molecule is Cc1csc(CCCNC(=O)CC[C@@H](C)N2CCOCC2)n1. The molecule has 0 bridgehead atoms. The molecule has 0 radical (unpaired) electrons. The van der Waals surface area contributed by atoms with Gasteiger partial charge in [-0.05, 0) is 26.7 Å². The van der Waals surface area contributed by atoms with Crippen molar-refractivity contribution in [1.82, 2.24) is 15.2 Å². The highest BCUT2D eigenvalue weighted by Crippen LogP contribution is 2.11. The second-order valence-electron chi connectivity index (χ2n) is 5.87. The summed E-state index contributed by atoms with van der Waals surface area (Å²) in [7, 11) is 0. The first-order valence-electron chi connectivity index (χ1n) is 8.14. The predicted octanol–water partition coefficient (Wildman–Crippen LogP) is 2.00. The van der Waals surface area contributed by atoms with E-state index >= 15 is 0 Å². The molecular formula is C16H27N3O2S. The lowest BCUT2D eigenvalue weighted by Gasteiger charge is -2.32. The summed E-state index contributed by atoms with van der Waals surface area (Å²) in [6.07, 6.45) is 3.42. The number of rotatable bonds is 8. The molecular weight excluding hydrogens is 298 g/mol. The Morgan fingerprint density at radius 3 is 2.95 bits per heavy atom. The van der Waals surface area contributed by atoms with Crippen LogP contribution in [0.25, 0.3) is 0 Å². The van der Waals surface area contributed by atoms with Crippen molar-refractivity contribution in [2.75, 3.05) is 32.8 Å². The van der Waals surface area contributed by atoms with Gasteiger partial charge in [0.25, 0.3) is 0 Å². The van der Waals surface area contributed by atoms with Gasteiger partial charge in [0.15, 0.2) is 0 Å². The summed E-state index contributed by atoms with van der Waals surface area (Å²) in [6.45, 7) is 8.54. The van der Waals surface area contributed by atoms with Crippen molar-refractivity contribution >= 4 is 17.2 Å². The normalized spacial score (nSPS) is 17.4. The molecule has 0 saturated carbocycles. The number of amides is 1. The molecule has 1 amide bonds. The van der Waals surface area contributed by atoms with Gasteiger partial charge in [-0.15, -0.1) is 11.3 Å². The van der Waals surface area contributed by atoms with Crippen molar-refractivity contribution < 1.29 is 9.53 Å². The number of ether oxygens (including phenoxy) is 1. The summed E-state index contributed by atoms with van der Waals surface area (Å²) in [6, 6.07) is 0.452. The predicted molar refractivity (Wildman–Crippen MR) is 89.3 cm³/mol. The molecule has 1 aliphatic heterocycles. The molecule has 2 rings (SSSR count). The monoisotopic (exact) mass is 325 g/mol. The molecule has 1 atom stereocenters. The number of morpholine rings is 1. The summed E-state index contributed by atoms with van der Waals surface area (Å²) in [4.78, 5) is 18.7. The second kappa shape index (κ2) is 9.22. The van der Waals surface area contributed by atoms with E-state index in [1.165, 1.54) is 0 Å². The minimum absolute atomic E-state index is 0.162. The van der Waals surface area contributed by atoms with Gasteiger partial charge in [-0.3, -0.25) is 9.69 Å². The number of hydrogen-bond acceptors (Lipinski definition) is 5. The highest BCUT2D eigenvalue weighted by Gasteiger charge is 2.17. The quantitative estimate of drug-likeness (QED) is 0.743. The Morgan fingerprint density at radius 2 is 2.27 bits per heavy atom. The lowest BCUT2D eigenvalue weighted by atomic mass is 10.1. The molecule has 0 unspecified atom stereocenters. The molecule has 1 aromatic heterocycles. The Morgan fingerprint density at radius 1 is 1.50 bits per heavy atom. The number of thiazole rings is 1. The van der Waals surface area contributed by atoms with Crippen LogP contribution in [-0.2, 0) is 16.0 Å². The molecule has 1 aromatic rings. The van der Waals surface area contributed by atoms with Gasteiger partial charge in [-0.25, -0.2) is 4.98 Å². The zero-order valence-corrected chi connectivity index (χ0v) is 14.5. The van der Waals surface area contributed by atoms with Gasteiger partial charge in [0.1, 0.15) is 0 Å². The summed E-state index contributed by atoms with van der Waals surface area (Å²) in [5, 5.41) is 6.24. The van der Waals surface area contributed by atoms with E-state index in [1.807, 2.05) is 6.92 Å². The average molecular weight is 325 g/mol. The zero-order valence-electron chi connectivity index (χ0n) is 13.6. The third-order valence-corrected chi connectivity index (χ3v) is 5.04. The van der Waals surface area contributed by atoms with Crippen molar-refractivity contribution in [2.24, 2.45) is 0 Å². The van der Waals surface area contributed by atoms with Crippen molar-refractivity contribution in [2.45, 2.75) is 45.6 Å². The van der Waals surface area contributed by atoms with Crippen molar-refractivity contribution in [3.8, 4) is 0 Å². The number of carbonyl (C=O) groups is 1. The van der Waals surface area contributed by atoms with E-state index in [0.717, 1.165) is 62.8 Å². The zero-order chi connectivity index (χ0) is 15.8. The fourth-order valence-corrected chi connectivity index (χ4v) is 3.43. The van der Waals surface area contributed by atoms with Crippen LogP contribution in [0.4, 0.5) is 0 Å². The van der Waals surface area contributed by atoms with E-state index in [-0.39, 0.29) is 5.91 Å². The molecule has 5 nitrogen and oxygen atoms in total. The first kappa shape index (κ1) is 17.4. The van der Waals surface area contributed by atoms with Gasteiger partial charge in [-0.2, -0.15) is 0 Å². The third-order valence-electron chi connectivity index (χ3n) is 4.01. The Balaban J connectivity index is 1.53. The van der Waals surface area contributed by atoms with Gasteiger partial charge in [-0.1, -0.05) is 0 Å². The molecule has 1 fully saturated rings. The Kier molecular flexibility index (Phi) is 7.29. The van der Waals surface area contributed by atoms with Crippen LogP contribution < -0.4 is 5.32 Å². The molecule has 124 valence electrons. The minimum Gasteiger partial charge on any atom is -0.379 e. The number of nitrogens with one attached hydrogen (secondary N) is 1. The Bertz CT molecular complexity index is 458. The second-order valence-corrected chi connectivity index (χ2v) is 6.81. The number of carbonyl (C=O) groups excluding carboxylic acids is 1. The van der Waals surface area contributed by atoms with Crippen LogP contribution in [0.15, 0.2) is 5.38 Å². The highest BCUT2D eigenvalue weighted by atomic mass is 32.1. The third kappa shape index (κ3) is 6.02. The molecule has 1 N–H and O–H groups in total. The van der Waals surface area contributed by atoms with E-state index < -0.39 is 0 Å². The minimum atomic E-state index is 0.162. The van der Waals surface area contributed by atoms with Crippen molar-refractivity contribution in [3.63, 3.8) is 0 Å². The maximum Gasteiger partial charge on any atom is 0.220 e. The Hall–Kier alpha value is -0.980. The molecule has 2 heterocycles. The summed E-state index contributed by atoms with van der Waals surface area (Å²) >= 11 is 1.70. The molecule has 6 heteroatoms. The smallest absolute Gasteiger partial charge is 0.220 e. The van der Waals surface area contributed by atoms with Crippen molar-refractivity contribution in [1.29, 1.82) is 0 Å². The molecule has 0 aromatic carbocycles. The fourth-order valence-electron chi connectivity index (χ4n) is 2.61. The number of aryl methyl sites for hydroxylation is 2. The number of aromatic nitrogens is 1. The maximum atomic E-state index is 11.9. The van der Waals surface area contributed by atoms with E-state index in [0.29, 0.717) is 12.5 Å². The largest absolute Gasteiger partial charge is 0.379 e. The summed E-state index contributed by atoms with van der Waals surface area (Å²) in [5.74, 6) is 0.162. The van der Waals surface area contributed by atoms with E-state index in [2.05, 4.69) is 27.5 Å². The van der Waals surface area contributed by atoms with Gasteiger partial charge in [0.05, 0.1) is 18.2 Å². The lowest BCUT2D eigenvalue weighted by molar-refractivity contribution is -0.121. The highest BCUT2D eigenvalue weighted by molar-refractivity contribution is 7.09. The number of hydrogen-bond donors (Lipinski definition) is 1. The molecule has 1 saturated heterocycles. The average Bonchev–Trinajstić information content (AvgIpc) is 2.95. The number of nitrogens with zero attached hydrogens (tertiary/aromatic N) is 2. The maximum absolute atomic E-state index is 11.9. The van der Waals surface area contributed by atoms with E-state index in [9.17, 15) is 4.79 Å². The van der Waals surface area contributed by atoms with Crippen LogP contribution in [0.5, 0.6) is 0 Å². The molecule has 22 heavy (non-hydrogen) atoms. The lowest BCUT2D eigenvalue weighted by Crippen LogP contribution is -2.42. The fraction of sp³-hybridized carbons (Fsp3) is 0.750. The first-order chi connectivity index (χ1) is 10.6. The van der Waals surface area contributed by atoms with Crippen LogP contribution in [0.1, 0.15) is 36.9 Å². The van der Waals surface area contributed by atoms with Gasteiger partial charge in [0.2, 0.25) is 5.91 Å². The first-order valence-corrected chi connectivity index (χ1v) is 9.02. The van der Waals surface area contributed by atoms with Crippen LogP contribution in [-0.4, -0.2) is 54.7 Å². The van der Waals surface area contributed by atoms with Gasteiger partial charge >= 0.3 is 0 Å². The Labute approximate surface area is 137 Å². The van der Waals surface area contributed by atoms with Crippen molar-refractivity contribution in [3.05, 3.63) is 16.1 Å². The molecule has 1 aliphatic rings. The van der Waals surface area contributed by atoms with Crippen LogP contribution >= 0.6 is 11.3 Å². The van der Waals surface area contributed by atoms with Gasteiger partial charge in [0, 0.05) is 49.6 Å². The topological polar surface area (TPSA) is 54.5 Å². The summed E-state index contributed by atoms with van der Waals surface area (Å²) < 4.78 is 5.35. The van der Waals surface area contributed by atoms with E-state index in [1.54, 1.807) is 11.3 Å². The molecule has 0 aliphatic carbocycles. The van der Waals surface area contributed by atoms with Gasteiger partial charge < -0.3 is 10.1 Å². The van der Waals surface area contributed by atoms with Crippen LogP contribution in [0.2, 0.25) is 0 Å². The van der Waals surface area contributed by atoms with Crippen LogP contribution in [0.3, 0.4) is 0 Å². The summed E-state index contributed by atoms with van der Waals surface area (Å²) in [5.41, 5.74) is 1.08. The molecule has 0 spiro atoms. The van der Waals surface area contributed by atoms with Crippen LogP contribution in [0, 0.1) is 6.92 Å². The standard InChI is InChI=1S/C16H27N3O2S/c1-13-12-22-16(18-13)4-3-7-17-15(20)6-5-14(2)19-8-10-21-11-9-19/h12,14H,3-11H2,1-2H3,(H,17,20)/t14-/m1/s1.